The van der Waals surface area contributed by atoms with Gasteiger partial charge >= 0.3 is 0 Å². The first kappa shape index (κ1) is 18.5. The normalized spacial score (nSPS) is 10.9. The van der Waals surface area contributed by atoms with E-state index in [2.05, 4.69) is 20.2 Å². The summed E-state index contributed by atoms with van der Waals surface area (Å²) in [6.07, 6.45) is 0. The van der Waals surface area contributed by atoms with Crippen molar-refractivity contribution in [3.8, 4) is 11.5 Å². The van der Waals surface area contributed by atoms with Gasteiger partial charge in [-0.05, 0) is 36.4 Å². The molecule has 0 bridgehead atoms. The van der Waals surface area contributed by atoms with Crippen LogP contribution in [-0.2, 0) is 10.0 Å². The Kier molecular flexibility index (Phi) is 5.41. The number of methoxy groups -OCH3 is 2. The maximum Gasteiger partial charge on any atom is 0.263 e. The molecular formula is C18H18N4O4S. The first-order chi connectivity index (χ1) is 13.0. The molecule has 0 spiro atoms. The number of hydrogen-bond acceptors (Lipinski definition) is 7. The molecule has 0 fully saturated rings. The van der Waals surface area contributed by atoms with Gasteiger partial charge in [-0.1, -0.05) is 18.2 Å². The van der Waals surface area contributed by atoms with E-state index in [0.717, 1.165) is 0 Å². The molecule has 1 heterocycles. The summed E-state index contributed by atoms with van der Waals surface area (Å²) in [4.78, 5) is 0.148. The summed E-state index contributed by atoms with van der Waals surface area (Å²) in [6.45, 7) is 0. The zero-order valence-electron chi connectivity index (χ0n) is 14.7. The third kappa shape index (κ3) is 4.45. The van der Waals surface area contributed by atoms with Crippen molar-refractivity contribution < 1.29 is 17.9 Å². The van der Waals surface area contributed by atoms with Gasteiger partial charge in [-0.15, -0.1) is 10.2 Å². The molecule has 2 N–H and O–H groups in total. The lowest BCUT2D eigenvalue weighted by atomic mass is 10.2. The fraction of sp³-hybridized carbons (Fsp3) is 0.111. The Labute approximate surface area is 157 Å². The van der Waals surface area contributed by atoms with Crippen LogP contribution in [0, 0.1) is 0 Å². The van der Waals surface area contributed by atoms with Crippen molar-refractivity contribution in [2.24, 2.45) is 0 Å². The molecule has 0 amide bonds. The summed E-state index contributed by atoms with van der Waals surface area (Å²) in [5.74, 6) is 1.79. The first-order valence-corrected chi connectivity index (χ1v) is 9.41. The Morgan fingerprint density at radius 3 is 2.19 bits per heavy atom. The van der Waals surface area contributed by atoms with E-state index in [9.17, 15) is 8.42 Å². The Morgan fingerprint density at radius 2 is 1.56 bits per heavy atom. The number of hydrogen-bond donors (Lipinski definition) is 2. The van der Waals surface area contributed by atoms with E-state index in [0.29, 0.717) is 23.0 Å². The highest BCUT2D eigenvalue weighted by atomic mass is 32.2. The van der Waals surface area contributed by atoms with E-state index in [1.54, 1.807) is 56.7 Å². The van der Waals surface area contributed by atoms with Crippen molar-refractivity contribution in [1.29, 1.82) is 0 Å². The molecule has 8 nitrogen and oxygen atoms in total. The zero-order chi connectivity index (χ0) is 19.3. The standard InChI is InChI=1S/C18H18N4O4S/c1-25-13-8-9-16(26-2)15(12-13)19-17-10-11-18(21-20-17)22-27(23,24)14-6-4-3-5-7-14/h3-12H,1-2H3,(H,19,20)(H,21,22). The van der Waals surface area contributed by atoms with Gasteiger partial charge in [0.1, 0.15) is 11.5 Å². The molecule has 3 rings (SSSR count). The third-order valence-corrected chi connectivity index (χ3v) is 5.00. The summed E-state index contributed by atoms with van der Waals surface area (Å²) in [5, 5.41) is 11.0. The summed E-state index contributed by atoms with van der Waals surface area (Å²) in [5.41, 5.74) is 0.642. The number of nitrogens with one attached hydrogen (secondary N) is 2. The minimum Gasteiger partial charge on any atom is -0.497 e. The van der Waals surface area contributed by atoms with Gasteiger partial charge in [-0.25, -0.2) is 8.42 Å². The summed E-state index contributed by atoms with van der Waals surface area (Å²) < 4.78 is 37.5. The fourth-order valence-electron chi connectivity index (χ4n) is 2.30. The Morgan fingerprint density at radius 1 is 0.852 bits per heavy atom. The van der Waals surface area contributed by atoms with E-state index in [1.165, 1.54) is 18.2 Å². The van der Waals surface area contributed by atoms with Gasteiger partial charge < -0.3 is 14.8 Å². The number of sulfonamides is 1. The highest BCUT2D eigenvalue weighted by Gasteiger charge is 2.14. The predicted octanol–water partition coefficient (Wildman–Crippen LogP) is 3.04. The van der Waals surface area contributed by atoms with E-state index >= 15 is 0 Å². The lowest BCUT2D eigenvalue weighted by Gasteiger charge is -2.12. The minimum absolute atomic E-state index is 0.113. The van der Waals surface area contributed by atoms with Crippen LogP contribution >= 0.6 is 0 Å². The Bertz CT molecular complexity index is 1010. The second-order valence-electron chi connectivity index (χ2n) is 5.41. The van der Waals surface area contributed by atoms with E-state index < -0.39 is 10.0 Å². The topological polar surface area (TPSA) is 102 Å². The third-order valence-electron chi connectivity index (χ3n) is 3.63. The number of rotatable bonds is 7. The highest BCUT2D eigenvalue weighted by molar-refractivity contribution is 7.92. The van der Waals surface area contributed by atoms with Crippen molar-refractivity contribution >= 4 is 27.3 Å². The van der Waals surface area contributed by atoms with Crippen LogP contribution in [0.1, 0.15) is 0 Å². The highest BCUT2D eigenvalue weighted by Crippen LogP contribution is 2.31. The largest absolute Gasteiger partial charge is 0.497 e. The second-order valence-corrected chi connectivity index (χ2v) is 7.10. The molecule has 27 heavy (non-hydrogen) atoms. The van der Waals surface area contributed by atoms with Gasteiger partial charge in [0.2, 0.25) is 0 Å². The van der Waals surface area contributed by atoms with Crippen LogP contribution < -0.4 is 19.5 Å². The molecule has 3 aromatic rings. The Balaban J connectivity index is 1.76. The average molecular weight is 386 g/mol. The molecule has 0 saturated heterocycles. The van der Waals surface area contributed by atoms with Crippen LogP contribution in [-0.4, -0.2) is 32.8 Å². The van der Waals surface area contributed by atoms with Crippen molar-refractivity contribution in [2.75, 3.05) is 24.3 Å². The van der Waals surface area contributed by atoms with E-state index in [-0.39, 0.29) is 10.7 Å². The van der Waals surface area contributed by atoms with Crippen LogP contribution in [0.15, 0.2) is 65.6 Å². The molecule has 0 aliphatic rings. The van der Waals surface area contributed by atoms with Gasteiger partial charge in [0, 0.05) is 6.07 Å². The number of nitrogens with zero attached hydrogens (tertiary/aromatic N) is 2. The summed E-state index contributed by atoms with van der Waals surface area (Å²) >= 11 is 0. The van der Waals surface area contributed by atoms with Gasteiger partial charge in [0.25, 0.3) is 10.0 Å². The SMILES string of the molecule is COc1ccc(OC)c(Nc2ccc(NS(=O)(=O)c3ccccc3)nn2)c1. The van der Waals surface area contributed by atoms with Crippen LogP contribution in [0.3, 0.4) is 0 Å². The van der Waals surface area contributed by atoms with Gasteiger partial charge in [-0.2, -0.15) is 0 Å². The zero-order valence-corrected chi connectivity index (χ0v) is 15.5. The van der Waals surface area contributed by atoms with Crippen molar-refractivity contribution in [3.05, 3.63) is 60.7 Å². The molecule has 0 unspecified atom stereocenters. The molecule has 0 radical (unpaired) electrons. The van der Waals surface area contributed by atoms with Crippen molar-refractivity contribution in [1.82, 2.24) is 10.2 Å². The van der Waals surface area contributed by atoms with Crippen LogP contribution in [0.2, 0.25) is 0 Å². The van der Waals surface area contributed by atoms with E-state index in [1.807, 2.05) is 0 Å². The molecule has 0 aliphatic carbocycles. The first-order valence-electron chi connectivity index (χ1n) is 7.92. The van der Waals surface area contributed by atoms with Crippen LogP contribution in [0.4, 0.5) is 17.3 Å². The minimum atomic E-state index is -3.71. The smallest absolute Gasteiger partial charge is 0.263 e. The number of aromatic nitrogens is 2. The van der Waals surface area contributed by atoms with Crippen molar-refractivity contribution in [2.45, 2.75) is 4.90 Å². The summed E-state index contributed by atoms with van der Waals surface area (Å²) in [6, 6.07) is 16.5. The number of benzene rings is 2. The molecule has 140 valence electrons. The molecule has 2 aromatic carbocycles. The van der Waals surface area contributed by atoms with Gasteiger partial charge in [0.15, 0.2) is 11.6 Å². The maximum absolute atomic E-state index is 12.3. The molecule has 9 heteroatoms. The molecule has 0 atom stereocenters. The molecule has 0 saturated carbocycles. The number of ether oxygens (including phenoxy) is 2. The van der Waals surface area contributed by atoms with Crippen molar-refractivity contribution in [3.63, 3.8) is 0 Å². The van der Waals surface area contributed by atoms with Crippen LogP contribution in [0.5, 0.6) is 11.5 Å². The van der Waals surface area contributed by atoms with E-state index in [4.69, 9.17) is 9.47 Å². The average Bonchev–Trinajstić information content (AvgIpc) is 2.70. The van der Waals surface area contributed by atoms with Gasteiger partial charge in [0.05, 0.1) is 24.8 Å². The van der Waals surface area contributed by atoms with Crippen LogP contribution in [0.25, 0.3) is 0 Å². The fourth-order valence-corrected chi connectivity index (χ4v) is 3.32. The number of anilines is 3. The summed E-state index contributed by atoms with van der Waals surface area (Å²) in [7, 11) is -0.590. The molecule has 0 aliphatic heterocycles. The quantitative estimate of drug-likeness (QED) is 0.643. The predicted molar refractivity (Wildman–Crippen MR) is 102 cm³/mol. The molecule has 1 aromatic heterocycles. The van der Waals surface area contributed by atoms with Gasteiger partial charge in [-0.3, -0.25) is 4.72 Å². The second kappa shape index (κ2) is 7.92. The Hall–Kier alpha value is -3.33. The lowest BCUT2D eigenvalue weighted by Crippen LogP contribution is -2.14. The maximum atomic E-state index is 12.3. The monoisotopic (exact) mass is 386 g/mol. The lowest BCUT2D eigenvalue weighted by molar-refractivity contribution is 0.405. The molecular weight excluding hydrogens is 368 g/mol.